The van der Waals surface area contributed by atoms with Gasteiger partial charge in [0.25, 0.3) is 0 Å². The summed E-state index contributed by atoms with van der Waals surface area (Å²) in [6.45, 7) is 1.88. The zero-order valence-electron chi connectivity index (χ0n) is 15.8. The van der Waals surface area contributed by atoms with E-state index >= 15 is 0 Å². The zero-order valence-corrected chi connectivity index (χ0v) is 15.8. The molecule has 2 aliphatic rings. The molecule has 154 valence electrons. The first kappa shape index (κ1) is 20.1. The van der Waals surface area contributed by atoms with Crippen LogP contribution in [0.5, 0.6) is 0 Å². The Morgan fingerprint density at radius 3 is 2.57 bits per heavy atom. The summed E-state index contributed by atoms with van der Waals surface area (Å²) in [5.74, 6) is -1.58. The highest BCUT2D eigenvalue weighted by molar-refractivity contribution is 5.93. The third kappa shape index (κ3) is 4.80. The van der Waals surface area contributed by atoms with Crippen LogP contribution in [0, 0.1) is 0 Å². The summed E-state index contributed by atoms with van der Waals surface area (Å²) < 4.78 is 5.27. The largest absolute Gasteiger partial charge is 0.480 e. The Kier molecular flexibility index (Phi) is 6.50. The van der Waals surface area contributed by atoms with Crippen LogP contribution in [-0.2, 0) is 20.7 Å². The fraction of sp³-hybridized carbons (Fsp3) is 0.667. The van der Waals surface area contributed by atoms with Gasteiger partial charge in [0.05, 0.1) is 25.2 Å². The number of amides is 3. The molecule has 1 aliphatic carbocycles. The number of hydrogen-bond acceptors (Lipinski definition) is 5. The molecule has 0 bridgehead atoms. The molecule has 3 amide bonds. The van der Waals surface area contributed by atoms with E-state index in [1.807, 2.05) is 0 Å². The highest BCUT2D eigenvalue weighted by Crippen LogP contribution is 2.29. The van der Waals surface area contributed by atoms with E-state index in [9.17, 15) is 19.5 Å². The fourth-order valence-electron chi connectivity index (χ4n) is 3.72. The number of morpholine rings is 1. The number of carboxylic acids is 1. The standard InChI is InChI=1S/C18H27N5O5/c24-15(25)14(10-13-11-19-12-20-13)21-16(26)18(4-2-1-3-5-18)22-17(27)23-6-8-28-9-7-23/h11-12,14H,1-10H2,(H,19,20)(H,21,26)(H,22,27)(H,24,25). The molecule has 1 aliphatic heterocycles. The van der Waals surface area contributed by atoms with Crippen molar-refractivity contribution in [2.24, 2.45) is 0 Å². The monoisotopic (exact) mass is 393 g/mol. The molecule has 1 saturated heterocycles. The molecule has 0 radical (unpaired) electrons. The number of nitrogens with one attached hydrogen (secondary N) is 3. The molecule has 2 fully saturated rings. The quantitative estimate of drug-likeness (QED) is 0.547. The number of nitrogens with zero attached hydrogens (tertiary/aromatic N) is 2. The molecule has 1 aromatic heterocycles. The SMILES string of the molecule is O=C(O)C(Cc1c[nH]cn1)NC(=O)C1(NC(=O)N2CCOCC2)CCCCC1. The molecule has 1 unspecified atom stereocenters. The fourth-order valence-corrected chi connectivity index (χ4v) is 3.72. The first-order valence-corrected chi connectivity index (χ1v) is 9.66. The number of carboxylic acid groups (broad SMARTS) is 1. The lowest BCUT2D eigenvalue weighted by Gasteiger charge is -2.39. The lowest BCUT2D eigenvalue weighted by Crippen LogP contribution is -2.64. The van der Waals surface area contributed by atoms with Gasteiger partial charge in [0.2, 0.25) is 5.91 Å². The minimum absolute atomic E-state index is 0.0675. The van der Waals surface area contributed by atoms with Gasteiger partial charge in [-0.15, -0.1) is 0 Å². The molecular formula is C18H27N5O5. The van der Waals surface area contributed by atoms with E-state index in [1.54, 1.807) is 11.1 Å². The highest BCUT2D eigenvalue weighted by Gasteiger charge is 2.43. The molecule has 28 heavy (non-hydrogen) atoms. The minimum Gasteiger partial charge on any atom is -0.480 e. The molecule has 1 atom stereocenters. The van der Waals surface area contributed by atoms with Gasteiger partial charge in [0.1, 0.15) is 11.6 Å². The number of ether oxygens (including phenoxy) is 1. The van der Waals surface area contributed by atoms with E-state index in [0.717, 1.165) is 19.3 Å². The Morgan fingerprint density at radius 1 is 1.25 bits per heavy atom. The number of imidazole rings is 1. The molecule has 1 saturated carbocycles. The molecule has 0 spiro atoms. The second kappa shape index (κ2) is 9.05. The van der Waals surface area contributed by atoms with E-state index in [1.165, 1.54) is 6.33 Å². The number of carbonyl (C=O) groups excluding carboxylic acids is 2. The topological polar surface area (TPSA) is 137 Å². The predicted octanol–water partition coefficient (Wildman–Crippen LogP) is 0.266. The van der Waals surface area contributed by atoms with Crippen LogP contribution in [0.3, 0.4) is 0 Å². The maximum atomic E-state index is 13.1. The van der Waals surface area contributed by atoms with Crippen LogP contribution < -0.4 is 10.6 Å². The summed E-state index contributed by atoms with van der Waals surface area (Å²) >= 11 is 0. The van der Waals surface area contributed by atoms with Crippen LogP contribution >= 0.6 is 0 Å². The number of aromatic nitrogens is 2. The predicted molar refractivity (Wildman–Crippen MR) is 98.6 cm³/mol. The number of aliphatic carboxylic acids is 1. The first-order valence-electron chi connectivity index (χ1n) is 9.66. The van der Waals surface area contributed by atoms with Gasteiger partial charge in [-0.05, 0) is 12.8 Å². The van der Waals surface area contributed by atoms with Crippen molar-refractivity contribution in [1.82, 2.24) is 25.5 Å². The summed E-state index contributed by atoms with van der Waals surface area (Å²) in [6.07, 6.45) is 6.69. The van der Waals surface area contributed by atoms with Gasteiger partial charge in [-0.25, -0.2) is 14.6 Å². The van der Waals surface area contributed by atoms with Crippen LogP contribution in [0.15, 0.2) is 12.5 Å². The normalized spacial score (nSPS) is 20.2. The highest BCUT2D eigenvalue weighted by atomic mass is 16.5. The average Bonchev–Trinajstić information content (AvgIpc) is 3.22. The smallest absolute Gasteiger partial charge is 0.326 e. The van der Waals surface area contributed by atoms with Gasteiger partial charge in [-0.1, -0.05) is 19.3 Å². The van der Waals surface area contributed by atoms with Crippen molar-refractivity contribution in [2.45, 2.75) is 50.1 Å². The molecule has 4 N–H and O–H groups in total. The van der Waals surface area contributed by atoms with Crippen LogP contribution in [-0.4, -0.2) is 75.8 Å². The van der Waals surface area contributed by atoms with E-state index in [0.29, 0.717) is 44.8 Å². The van der Waals surface area contributed by atoms with Crippen molar-refractivity contribution < 1.29 is 24.2 Å². The second-order valence-corrected chi connectivity index (χ2v) is 7.30. The molecular weight excluding hydrogens is 366 g/mol. The van der Waals surface area contributed by atoms with Gasteiger partial charge in [-0.3, -0.25) is 4.79 Å². The van der Waals surface area contributed by atoms with Crippen molar-refractivity contribution in [1.29, 1.82) is 0 Å². The lowest BCUT2D eigenvalue weighted by molar-refractivity contribution is -0.143. The first-order chi connectivity index (χ1) is 13.5. The van der Waals surface area contributed by atoms with Crippen molar-refractivity contribution in [3.05, 3.63) is 18.2 Å². The van der Waals surface area contributed by atoms with Gasteiger partial charge in [-0.2, -0.15) is 0 Å². The average molecular weight is 393 g/mol. The Morgan fingerprint density at radius 2 is 1.96 bits per heavy atom. The number of hydrogen-bond donors (Lipinski definition) is 4. The summed E-state index contributed by atoms with van der Waals surface area (Å²) in [4.78, 5) is 45.9. The summed E-state index contributed by atoms with van der Waals surface area (Å²) in [6, 6.07) is -1.42. The number of aromatic amines is 1. The number of rotatable bonds is 6. The second-order valence-electron chi connectivity index (χ2n) is 7.30. The van der Waals surface area contributed by atoms with Gasteiger partial charge < -0.3 is 30.4 Å². The van der Waals surface area contributed by atoms with Crippen molar-refractivity contribution >= 4 is 17.9 Å². The van der Waals surface area contributed by atoms with Crippen LogP contribution in [0.2, 0.25) is 0 Å². The van der Waals surface area contributed by atoms with Gasteiger partial charge in [0, 0.05) is 25.7 Å². The van der Waals surface area contributed by atoms with Crippen LogP contribution in [0.4, 0.5) is 4.79 Å². The summed E-state index contributed by atoms with van der Waals surface area (Å²) in [5, 5.41) is 15.1. The number of H-pyrrole nitrogens is 1. The molecule has 10 heteroatoms. The number of carbonyl (C=O) groups is 3. The van der Waals surface area contributed by atoms with Crippen molar-refractivity contribution in [3.63, 3.8) is 0 Å². The Bertz CT molecular complexity index is 681. The van der Waals surface area contributed by atoms with E-state index in [2.05, 4.69) is 20.6 Å². The lowest BCUT2D eigenvalue weighted by atomic mass is 9.80. The summed E-state index contributed by atoms with van der Waals surface area (Å²) in [7, 11) is 0. The zero-order chi connectivity index (χ0) is 20.0. The minimum atomic E-state index is -1.14. The summed E-state index contributed by atoms with van der Waals surface area (Å²) in [5.41, 5.74) is -0.546. The van der Waals surface area contributed by atoms with Gasteiger partial charge >= 0.3 is 12.0 Å². The third-order valence-corrected chi connectivity index (χ3v) is 5.36. The van der Waals surface area contributed by atoms with E-state index < -0.39 is 23.5 Å². The Hall–Kier alpha value is -2.62. The molecule has 1 aromatic rings. The molecule has 0 aromatic carbocycles. The third-order valence-electron chi connectivity index (χ3n) is 5.36. The Balaban J connectivity index is 1.70. The van der Waals surface area contributed by atoms with Crippen molar-refractivity contribution in [3.8, 4) is 0 Å². The van der Waals surface area contributed by atoms with Gasteiger partial charge in [0.15, 0.2) is 0 Å². The van der Waals surface area contributed by atoms with Crippen LogP contribution in [0.25, 0.3) is 0 Å². The maximum Gasteiger partial charge on any atom is 0.326 e. The molecule has 3 rings (SSSR count). The van der Waals surface area contributed by atoms with Crippen molar-refractivity contribution in [2.75, 3.05) is 26.3 Å². The Labute approximate surface area is 163 Å². The maximum absolute atomic E-state index is 13.1. The van der Waals surface area contributed by atoms with E-state index in [-0.39, 0.29) is 12.5 Å². The molecule has 10 nitrogen and oxygen atoms in total. The molecule has 2 heterocycles. The number of urea groups is 1. The van der Waals surface area contributed by atoms with Crippen LogP contribution in [0.1, 0.15) is 37.8 Å². The van der Waals surface area contributed by atoms with E-state index in [4.69, 9.17) is 4.74 Å².